The first kappa shape index (κ1) is 21.9. The second-order valence-corrected chi connectivity index (χ2v) is 7.29. The van der Waals surface area contributed by atoms with Crippen LogP contribution in [0.15, 0.2) is 24.3 Å². The molecule has 0 atom stereocenters. The maximum atomic E-state index is 12.6. The van der Waals surface area contributed by atoms with Crippen molar-refractivity contribution < 1.29 is 14.4 Å². The van der Waals surface area contributed by atoms with Crippen LogP contribution in [0, 0.1) is 0 Å². The van der Waals surface area contributed by atoms with Crippen molar-refractivity contribution in [2.24, 2.45) is 0 Å². The maximum absolute atomic E-state index is 12.6. The number of para-hydroxylation sites is 1. The van der Waals surface area contributed by atoms with E-state index in [9.17, 15) is 14.4 Å². The van der Waals surface area contributed by atoms with Gasteiger partial charge in [0, 0.05) is 19.1 Å². The minimum absolute atomic E-state index is 0.00311. The SMILES string of the molecule is CCN(CC)C(=O)CN(C)CC(=O)Nc1ccccc1C(=O)NC1CCCC1. The van der Waals surface area contributed by atoms with Gasteiger partial charge in [-0.1, -0.05) is 25.0 Å². The second-order valence-electron chi connectivity index (χ2n) is 7.29. The predicted molar refractivity (Wildman–Crippen MR) is 110 cm³/mol. The fraction of sp³-hybridized carbons (Fsp3) is 0.571. The minimum atomic E-state index is -0.254. The summed E-state index contributed by atoms with van der Waals surface area (Å²) in [5.74, 6) is -0.416. The Morgan fingerprint density at radius 1 is 1.04 bits per heavy atom. The molecule has 0 radical (unpaired) electrons. The summed E-state index contributed by atoms with van der Waals surface area (Å²) in [6.07, 6.45) is 4.29. The molecular formula is C21H32N4O3. The summed E-state index contributed by atoms with van der Waals surface area (Å²) in [4.78, 5) is 40.6. The number of nitrogens with zero attached hydrogens (tertiary/aromatic N) is 2. The number of amides is 3. The summed E-state index contributed by atoms with van der Waals surface area (Å²) < 4.78 is 0. The zero-order valence-corrected chi connectivity index (χ0v) is 17.2. The summed E-state index contributed by atoms with van der Waals surface area (Å²) in [7, 11) is 1.74. The Hall–Kier alpha value is -2.41. The molecule has 1 aliphatic rings. The molecule has 1 aromatic carbocycles. The van der Waals surface area contributed by atoms with Gasteiger partial charge in [-0.15, -0.1) is 0 Å². The first-order chi connectivity index (χ1) is 13.4. The molecule has 3 amide bonds. The third-order valence-corrected chi connectivity index (χ3v) is 5.07. The molecule has 154 valence electrons. The zero-order valence-electron chi connectivity index (χ0n) is 17.2. The fourth-order valence-electron chi connectivity index (χ4n) is 3.52. The molecule has 0 bridgehead atoms. The Balaban J connectivity index is 1.92. The van der Waals surface area contributed by atoms with E-state index in [4.69, 9.17) is 0 Å². The van der Waals surface area contributed by atoms with E-state index in [2.05, 4.69) is 10.6 Å². The number of hydrogen-bond donors (Lipinski definition) is 2. The van der Waals surface area contributed by atoms with Gasteiger partial charge in [0.1, 0.15) is 0 Å². The molecule has 0 aromatic heterocycles. The van der Waals surface area contributed by atoms with E-state index in [0.717, 1.165) is 25.7 Å². The van der Waals surface area contributed by atoms with Crippen LogP contribution >= 0.6 is 0 Å². The molecule has 1 aliphatic carbocycles. The summed E-state index contributed by atoms with van der Waals surface area (Å²) in [6, 6.07) is 7.23. The van der Waals surface area contributed by atoms with E-state index >= 15 is 0 Å². The number of nitrogens with one attached hydrogen (secondary N) is 2. The maximum Gasteiger partial charge on any atom is 0.253 e. The van der Waals surface area contributed by atoms with Crippen LogP contribution in [0.25, 0.3) is 0 Å². The van der Waals surface area contributed by atoms with Crippen LogP contribution in [0.2, 0.25) is 0 Å². The summed E-state index contributed by atoms with van der Waals surface area (Å²) in [5, 5.41) is 5.86. The molecule has 1 saturated carbocycles. The monoisotopic (exact) mass is 388 g/mol. The first-order valence-electron chi connectivity index (χ1n) is 10.1. The third kappa shape index (κ3) is 6.34. The molecule has 28 heavy (non-hydrogen) atoms. The van der Waals surface area contributed by atoms with Gasteiger partial charge >= 0.3 is 0 Å². The van der Waals surface area contributed by atoms with E-state index in [1.54, 1.807) is 41.1 Å². The first-order valence-corrected chi connectivity index (χ1v) is 10.1. The lowest BCUT2D eigenvalue weighted by atomic mass is 10.1. The van der Waals surface area contributed by atoms with Crippen LogP contribution in [-0.2, 0) is 9.59 Å². The standard InChI is InChI=1S/C21H32N4O3/c1-4-25(5-2)20(27)15-24(3)14-19(26)23-18-13-9-8-12-17(18)21(28)22-16-10-6-7-11-16/h8-9,12-13,16H,4-7,10-11,14-15H2,1-3H3,(H,22,28)(H,23,26). The van der Waals surface area contributed by atoms with Crippen molar-refractivity contribution in [3.63, 3.8) is 0 Å². The molecule has 7 heteroatoms. The molecule has 2 N–H and O–H groups in total. The summed E-state index contributed by atoms with van der Waals surface area (Å²) in [5.41, 5.74) is 0.955. The van der Waals surface area contributed by atoms with Crippen molar-refractivity contribution in [3.05, 3.63) is 29.8 Å². The Bertz CT molecular complexity index is 682. The highest BCUT2D eigenvalue weighted by Gasteiger charge is 2.20. The largest absolute Gasteiger partial charge is 0.349 e. The number of carbonyl (C=O) groups is 3. The molecule has 2 rings (SSSR count). The molecular weight excluding hydrogens is 356 g/mol. The Morgan fingerprint density at radius 2 is 1.68 bits per heavy atom. The Labute approximate surface area is 167 Å². The van der Waals surface area contributed by atoms with Gasteiger partial charge in [-0.05, 0) is 45.9 Å². The van der Waals surface area contributed by atoms with Crippen LogP contribution in [-0.4, -0.2) is 66.8 Å². The van der Waals surface area contributed by atoms with E-state index < -0.39 is 0 Å². The highest BCUT2D eigenvalue weighted by atomic mass is 16.2. The van der Waals surface area contributed by atoms with Gasteiger partial charge in [0.25, 0.3) is 5.91 Å². The van der Waals surface area contributed by atoms with Crippen molar-refractivity contribution >= 4 is 23.4 Å². The van der Waals surface area contributed by atoms with Crippen LogP contribution in [0.3, 0.4) is 0 Å². The quantitative estimate of drug-likeness (QED) is 0.679. The molecule has 1 fully saturated rings. The van der Waals surface area contributed by atoms with Gasteiger partial charge < -0.3 is 15.5 Å². The van der Waals surface area contributed by atoms with E-state index in [1.807, 2.05) is 13.8 Å². The Morgan fingerprint density at radius 3 is 2.32 bits per heavy atom. The fourth-order valence-corrected chi connectivity index (χ4v) is 3.52. The van der Waals surface area contributed by atoms with Crippen molar-refractivity contribution in [2.45, 2.75) is 45.6 Å². The van der Waals surface area contributed by atoms with E-state index in [1.165, 1.54) is 0 Å². The lowest BCUT2D eigenvalue weighted by molar-refractivity contribution is -0.132. The number of anilines is 1. The average molecular weight is 389 g/mol. The van der Waals surface area contributed by atoms with Crippen LogP contribution in [0.5, 0.6) is 0 Å². The number of likely N-dealkylation sites (N-methyl/N-ethyl adjacent to an activating group) is 2. The van der Waals surface area contributed by atoms with Crippen molar-refractivity contribution in [1.82, 2.24) is 15.1 Å². The number of rotatable bonds is 9. The molecule has 0 aliphatic heterocycles. The lowest BCUT2D eigenvalue weighted by Gasteiger charge is -2.23. The zero-order chi connectivity index (χ0) is 20.5. The highest BCUT2D eigenvalue weighted by molar-refractivity contribution is 6.04. The van der Waals surface area contributed by atoms with E-state index in [-0.39, 0.29) is 36.9 Å². The summed E-state index contributed by atoms with van der Waals surface area (Å²) >= 11 is 0. The van der Waals surface area contributed by atoms with Crippen molar-refractivity contribution in [1.29, 1.82) is 0 Å². The molecule has 0 unspecified atom stereocenters. The van der Waals surface area contributed by atoms with Crippen LogP contribution in [0.4, 0.5) is 5.69 Å². The van der Waals surface area contributed by atoms with Crippen LogP contribution in [0.1, 0.15) is 49.9 Å². The van der Waals surface area contributed by atoms with Gasteiger partial charge in [0.15, 0.2) is 0 Å². The molecule has 1 aromatic rings. The van der Waals surface area contributed by atoms with Gasteiger partial charge in [0.2, 0.25) is 11.8 Å². The normalized spacial score (nSPS) is 14.1. The van der Waals surface area contributed by atoms with Gasteiger partial charge in [-0.2, -0.15) is 0 Å². The number of benzene rings is 1. The molecule has 7 nitrogen and oxygen atoms in total. The van der Waals surface area contributed by atoms with Crippen molar-refractivity contribution in [3.8, 4) is 0 Å². The predicted octanol–water partition coefficient (Wildman–Crippen LogP) is 2.10. The molecule has 0 saturated heterocycles. The van der Waals surface area contributed by atoms with Gasteiger partial charge in [-0.3, -0.25) is 19.3 Å². The number of hydrogen-bond acceptors (Lipinski definition) is 4. The topological polar surface area (TPSA) is 81.8 Å². The average Bonchev–Trinajstić information content (AvgIpc) is 3.15. The van der Waals surface area contributed by atoms with Crippen molar-refractivity contribution in [2.75, 3.05) is 38.5 Å². The van der Waals surface area contributed by atoms with Gasteiger partial charge in [-0.25, -0.2) is 0 Å². The van der Waals surface area contributed by atoms with Gasteiger partial charge in [0.05, 0.1) is 24.3 Å². The van der Waals surface area contributed by atoms with E-state index in [0.29, 0.717) is 24.3 Å². The lowest BCUT2D eigenvalue weighted by Crippen LogP contribution is -2.41. The smallest absolute Gasteiger partial charge is 0.253 e. The minimum Gasteiger partial charge on any atom is -0.349 e. The molecule has 0 spiro atoms. The molecule has 0 heterocycles. The van der Waals surface area contributed by atoms with Crippen LogP contribution < -0.4 is 10.6 Å². The number of carbonyl (C=O) groups excluding carboxylic acids is 3. The Kier molecular flexibility index (Phi) is 8.44. The highest BCUT2D eigenvalue weighted by Crippen LogP contribution is 2.20. The third-order valence-electron chi connectivity index (χ3n) is 5.07. The second kappa shape index (κ2) is 10.8. The summed E-state index contributed by atoms with van der Waals surface area (Å²) in [6.45, 7) is 5.42.